The summed E-state index contributed by atoms with van der Waals surface area (Å²) >= 11 is 0. The molecule has 8 bridgehead atoms. The summed E-state index contributed by atoms with van der Waals surface area (Å²) in [4.78, 5) is 19.6. The molecule has 0 aliphatic carbocycles. The SMILES string of the molecule is CC(C)(C)c1cc(-c2c3nc(c(-c4cc(C(C)(C)C)cc(C(C)(C)C)c4)c4ccc([nH]4)c(-c4cc(C(C)(C)C)cc(C(C)(C)C)c4)c4nc(c(-c5ccc(CN)cc5)c5ccc2[nH]5)C=C4)C=C3)cc(C(C)(C)C)c1. The fourth-order valence-corrected chi connectivity index (χ4v) is 10.1. The number of fused-ring (bicyclic) bond motifs is 8. The number of hydrogen-bond acceptors (Lipinski definition) is 3. The van der Waals surface area contributed by atoms with Crippen molar-refractivity contribution in [3.63, 3.8) is 0 Å². The Bertz CT molecular complexity index is 3390. The van der Waals surface area contributed by atoms with Crippen LogP contribution in [0.3, 0.4) is 0 Å². The summed E-state index contributed by atoms with van der Waals surface area (Å²) in [6.07, 6.45) is 8.88. The quantitative estimate of drug-likeness (QED) is 0.161. The molecule has 0 amide bonds. The molecule has 382 valence electrons. The second kappa shape index (κ2) is 18.4. The van der Waals surface area contributed by atoms with Crippen molar-refractivity contribution >= 4 is 46.4 Å². The maximum Gasteiger partial charge on any atom is 0.0737 e. The summed E-state index contributed by atoms with van der Waals surface area (Å²) in [5, 5.41) is 0. The Balaban J connectivity index is 1.52. The summed E-state index contributed by atoms with van der Waals surface area (Å²) in [6.45, 7) is 42.1. The number of nitrogens with one attached hydrogen (secondary N) is 2. The van der Waals surface area contributed by atoms with E-state index in [1.54, 1.807) is 0 Å². The highest BCUT2D eigenvalue weighted by Gasteiger charge is 2.28. The van der Waals surface area contributed by atoms with Crippen molar-refractivity contribution in [2.24, 2.45) is 5.73 Å². The minimum absolute atomic E-state index is 0.0917. The topological polar surface area (TPSA) is 83.4 Å². The summed E-state index contributed by atoms with van der Waals surface area (Å²) < 4.78 is 0. The van der Waals surface area contributed by atoms with Crippen LogP contribution in [-0.4, -0.2) is 19.9 Å². The Morgan fingerprint density at radius 1 is 0.311 bits per heavy atom. The molecule has 0 fully saturated rings. The van der Waals surface area contributed by atoms with Crippen LogP contribution in [0.5, 0.6) is 0 Å². The third-order valence-corrected chi connectivity index (χ3v) is 15.1. The summed E-state index contributed by atoms with van der Waals surface area (Å²) in [5.41, 5.74) is 30.6. The van der Waals surface area contributed by atoms with Crippen molar-refractivity contribution < 1.29 is 0 Å². The van der Waals surface area contributed by atoms with Gasteiger partial charge in [-0.25, -0.2) is 9.97 Å². The molecular weight excluding hydrogens is 899 g/mol. The van der Waals surface area contributed by atoms with Gasteiger partial charge in [-0.15, -0.1) is 0 Å². The molecule has 5 heteroatoms. The molecule has 2 aliphatic heterocycles. The molecule has 2 aliphatic rings. The van der Waals surface area contributed by atoms with Gasteiger partial charge in [0.1, 0.15) is 0 Å². The van der Waals surface area contributed by atoms with E-state index in [1.165, 1.54) is 33.4 Å². The minimum atomic E-state index is -0.0945. The van der Waals surface area contributed by atoms with Gasteiger partial charge in [-0.2, -0.15) is 0 Å². The number of H-pyrrole nitrogens is 2. The molecular formula is C69H81N5. The lowest BCUT2D eigenvalue weighted by Gasteiger charge is -2.26. The van der Waals surface area contributed by atoms with Gasteiger partial charge in [0.2, 0.25) is 0 Å². The minimum Gasteiger partial charge on any atom is -0.354 e. The summed E-state index contributed by atoms with van der Waals surface area (Å²) in [5.74, 6) is 0. The maximum absolute atomic E-state index is 6.19. The molecule has 0 saturated heterocycles. The number of aromatic amines is 2. The standard InChI is InChI=1S/C69H81N5/c1-64(2,3)46-31-43(32-47(37-46)65(4,5)6)61-54-25-23-52(71-54)60(42-21-19-41(40-70)20-22-42)53-24-26-55(72-53)62(44-33-48(66(7,8)9)38-49(34-44)67(10,11)12)57-28-30-59(74-57)63(58-29-27-56(61)73-58)45-35-50(68(13,14)15)39-51(36-45)69(16,17)18/h19-39,71,74H,40,70H2,1-18H3. The molecule has 5 heterocycles. The van der Waals surface area contributed by atoms with Gasteiger partial charge in [0, 0.05) is 50.9 Å². The molecule has 3 aromatic heterocycles. The van der Waals surface area contributed by atoms with E-state index < -0.39 is 0 Å². The first-order chi connectivity index (χ1) is 34.4. The van der Waals surface area contributed by atoms with E-state index in [2.05, 4.69) is 262 Å². The number of nitrogens with zero attached hydrogens (tertiary/aromatic N) is 2. The van der Waals surface area contributed by atoms with E-state index in [1.807, 2.05) is 0 Å². The van der Waals surface area contributed by atoms with E-state index in [0.717, 1.165) is 94.9 Å². The molecule has 0 saturated carbocycles. The molecule has 0 unspecified atom stereocenters. The molecule has 5 nitrogen and oxygen atoms in total. The number of rotatable bonds is 5. The zero-order valence-corrected chi connectivity index (χ0v) is 47.8. The number of nitrogens with two attached hydrogens (primary N) is 1. The van der Waals surface area contributed by atoms with Crippen LogP contribution >= 0.6 is 0 Å². The molecule has 4 aromatic carbocycles. The van der Waals surface area contributed by atoms with Crippen LogP contribution in [0.2, 0.25) is 0 Å². The fraction of sp³-hybridized carbons (Fsp3) is 0.362. The van der Waals surface area contributed by atoms with Gasteiger partial charge in [0.05, 0.1) is 22.8 Å². The van der Waals surface area contributed by atoms with Crippen LogP contribution in [0, 0.1) is 0 Å². The zero-order valence-electron chi connectivity index (χ0n) is 47.8. The number of aromatic nitrogens is 4. The van der Waals surface area contributed by atoms with Crippen molar-refractivity contribution in [3.05, 3.63) is 165 Å². The highest BCUT2D eigenvalue weighted by atomic mass is 14.8. The van der Waals surface area contributed by atoms with Crippen molar-refractivity contribution in [1.29, 1.82) is 0 Å². The fourth-order valence-electron chi connectivity index (χ4n) is 10.1. The first-order valence-corrected chi connectivity index (χ1v) is 26.8. The predicted molar refractivity (Wildman–Crippen MR) is 321 cm³/mol. The zero-order chi connectivity index (χ0) is 53.7. The Morgan fingerprint density at radius 2 is 0.541 bits per heavy atom. The monoisotopic (exact) mass is 980 g/mol. The van der Waals surface area contributed by atoms with E-state index in [9.17, 15) is 0 Å². The first-order valence-electron chi connectivity index (χ1n) is 26.8. The average Bonchev–Trinajstić information content (AvgIpc) is 4.16. The summed E-state index contributed by atoms with van der Waals surface area (Å²) in [7, 11) is 0. The Morgan fingerprint density at radius 3 is 0.757 bits per heavy atom. The van der Waals surface area contributed by atoms with Crippen molar-refractivity contribution in [3.8, 4) is 44.5 Å². The van der Waals surface area contributed by atoms with Gasteiger partial charge >= 0.3 is 0 Å². The number of hydrogen-bond donors (Lipinski definition) is 3. The molecule has 74 heavy (non-hydrogen) atoms. The maximum atomic E-state index is 6.19. The van der Waals surface area contributed by atoms with E-state index in [0.29, 0.717) is 6.54 Å². The second-order valence-electron chi connectivity index (χ2n) is 27.3. The molecule has 0 radical (unpaired) electrons. The molecule has 0 spiro atoms. The van der Waals surface area contributed by atoms with Crippen molar-refractivity contribution in [2.75, 3.05) is 0 Å². The largest absolute Gasteiger partial charge is 0.354 e. The molecule has 7 aromatic rings. The predicted octanol–water partition coefficient (Wildman–Crippen LogP) is 18.6. The van der Waals surface area contributed by atoms with E-state index >= 15 is 0 Å². The van der Waals surface area contributed by atoms with Gasteiger partial charge in [-0.1, -0.05) is 203 Å². The highest BCUT2D eigenvalue weighted by Crippen LogP contribution is 2.44. The van der Waals surface area contributed by atoms with Crippen LogP contribution < -0.4 is 5.73 Å². The Labute approximate surface area is 442 Å². The van der Waals surface area contributed by atoms with E-state index in [-0.39, 0.29) is 32.5 Å². The normalized spacial score (nSPS) is 13.6. The highest BCUT2D eigenvalue weighted by molar-refractivity contribution is 6.00. The van der Waals surface area contributed by atoms with Crippen LogP contribution in [0.25, 0.3) is 90.9 Å². The van der Waals surface area contributed by atoms with Crippen molar-refractivity contribution in [2.45, 2.75) is 164 Å². The first kappa shape index (κ1) is 52.3. The Hall–Kier alpha value is -6.56. The van der Waals surface area contributed by atoms with Crippen LogP contribution in [0.4, 0.5) is 0 Å². The third kappa shape index (κ3) is 10.4. The second-order valence-corrected chi connectivity index (χ2v) is 27.3. The smallest absolute Gasteiger partial charge is 0.0737 e. The van der Waals surface area contributed by atoms with Gasteiger partial charge < -0.3 is 15.7 Å². The van der Waals surface area contributed by atoms with Gasteiger partial charge in [-0.05, 0) is 142 Å². The molecule has 9 rings (SSSR count). The van der Waals surface area contributed by atoms with Crippen LogP contribution in [-0.2, 0) is 39.0 Å². The lowest BCUT2D eigenvalue weighted by atomic mass is 9.78. The average molecular weight is 980 g/mol. The van der Waals surface area contributed by atoms with Gasteiger partial charge in [0.25, 0.3) is 0 Å². The van der Waals surface area contributed by atoms with Gasteiger partial charge in [-0.3, -0.25) is 0 Å². The molecule has 4 N–H and O–H groups in total. The molecule has 0 atom stereocenters. The Kier molecular flexibility index (Phi) is 13.0. The third-order valence-electron chi connectivity index (χ3n) is 15.1. The van der Waals surface area contributed by atoms with E-state index in [4.69, 9.17) is 15.7 Å². The summed E-state index contributed by atoms with van der Waals surface area (Å²) in [6, 6.07) is 39.2. The number of benzene rings is 4. The lowest BCUT2D eigenvalue weighted by molar-refractivity contribution is 0.568. The van der Waals surface area contributed by atoms with Crippen LogP contribution in [0.15, 0.2) is 103 Å². The van der Waals surface area contributed by atoms with Crippen molar-refractivity contribution in [1.82, 2.24) is 19.9 Å². The lowest BCUT2D eigenvalue weighted by Crippen LogP contribution is -2.16. The van der Waals surface area contributed by atoms with Gasteiger partial charge in [0.15, 0.2) is 0 Å². The van der Waals surface area contributed by atoms with Crippen LogP contribution in [0.1, 0.15) is 186 Å².